The fraction of sp³-hybridized carbons (Fsp3) is 0.667. The van der Waals surface area contributed by atoms with E-state index in [9.17, 15) is 5.11 Å². The van der Waals surface area contributed by atoms with Gasteiger partial charge in [0.1, 0.15) is 5.75 Å². The van der Waals surface area contributed by atoms with Crippen LogP contribution in [0.1, 0.15) is 56.9 Å². The number of ether oxygens (including phenoxy) is 1. The molecule has 0 radical (unpaired) electrons. The van der Waals surface area contributed by atoms with Gasteiger partial charge in [-0.05, 0) is 42.7 Å². The van der Waals surface area contributed by atoms with Crippen molar-refractivity contribution < 1.29 is 9.84 Å². The molecule has 2 unspecified atom stereocenters. The summed E-state index contributed by atoms with van der Waals surface area (Å²) in [5.41, 5.74) is 1.21. The van der Waals surface area contributed by atoms with Crippen molar-refractivity contribution in [1.29, 1.82) is 0 Å². The number of aliphatic hydroxyl groups excluding tert-OH is 1. The van der Waals surface area contributed by atoms with E-state index >= 15 is 0 Å². The Labute approximate surface area is 122 Å². The second kappa shape index (κ2) is 6.17. The minimum Gasteiger partial charge on any atom is -0.493 e. The van der Waals surface area contributed by atoms with Crippen molar-refractivity contribution in [3.63, 3.8) is 0 Å². The van der Waals surface area contributed by atoms with Gasteiger partial charge in [-0.3, -0.25) is 0 Å². The van der Waals surface area contributed by atoms with Gasteiger partial charge in [-0.1, -0.05) is 44.4 Å². The molecule has 0 saturated heterocycles. The Kier molecular flexibility index (Phi) is 4.30. The van der Waals surface area contributed by atoms with Crippen molar-refractivity contribution in [3.8, 4) is 5.75 Å². The number of rotatable bonds is 3. The molecule has 20 heavy (non-hydrogen) atoms. The first-order valence-corrected chi connectivity index (χ1v) is 8.19. The lowest BCUT2D eigenvalue weighted by Crippen LogP contribution is -2.33. The first-order chi connectivity index (χ1) is 9.79. The van der Waals surface area contributed by atoms with E-state index in [0.717, 1.165) is 24.7 Å². The molecule has 1 aromatic rings. The van der Waals surface area contributed by atoms with Crippen LogP contribution in [0.4, 0.5) is 0 Å². The Morgan fingerprint density at radius 3 is 2.65 bits per heavy atom. The molecule has 1 N–H and O–H groups in total. The lowest BCUT2D eigenvalue weighted by Gasteiger charge is -2.37. The van der Waals surface area contributed by atoms with Crippen molar-refractivity contribution in [2.24, 2.45) is 11.8 Å². The highest BCUT2D eigenvalue weighted by Gasteiger charge is 2.34. The minimum absolute atomic E-state index is 0.196. The van der Waals surface area contributed by atoms with Crippen LogP contribution in [0.5, 0.6) is 5.75 Å². The molecular formula is C18H26O2. The number of para-hydroxylation sites is 1. The van der Waals surface area contributed by atoms with Crippen LogP contribution in [0.25, 0.3) is 0 Å². The Balaban J connectivity index is 1.71. The van der Waals surface area contributed by atoms with Crippen molar-refractivity contribution in [2.45, 2.75) is 57.5 Å². The van der Waals surface area contributed by atoms with Crippen LogP contribution in [-0.2, 0) is 0 Å². The molecule has 0 amide bonds. The van der Waals surface area contributed by atoms with Gasteiger partial charge in [-0.2, -0.15) is 0 Å². The summed E-state index contributed by atoms with van der Waals surface area (Å²) in [6.45, 7) is 3.03. The third-order valence-corrected chi connectivity index (χ3v) is 5.37. The summed E-state index contributed by atoms with van der Waals surface area (Å²) >= 11 is 0. The zero-order valence-electron chi connectivity index (χ0n) is 12.4. The number of aliphatic hydroxyl groups is 1. The van der Waals surface area contributed by atoms with Crippen LogP contribution >= 0.6 is 0 Å². The lowest BCUT2D eigenvalue weighted by molar-refractivity contribution is 0.0385. The molecule has 110 valence electrons. The van der Waals surface area contributed by atoms with E-state index in [1.54, 1.807) is 0 Å². The first-order valence-electron chi connectivity index (χ1n) is 8.19. The predicted octanol–water partition coefficient (Wildman–Crippen LogP) is 4.13. The van der Waals surface area contributed by atoms with E-state index in [2.05, 4.69) is 19.1 Å². The Morgan fingerprint density at radius 2 is 1.90 bits per heavy atom. The molecular weight excluding hydrogens is 248 g/mol. The Hall–Kier alpha value is -1.02. The van der Waals surface area contributed by atoms with Crippen LogP contribution < -0.4 is 4.74 Å². The van der Waals surface area contributed by atoms with Crippen LogP contribution in [0.3, 0.4) is 0 Å². The minimum atomic E-state index is -0.196. The molecule has 1 heterocycles. The van der Waals surface area contributed by atoms with E-state index in [1.165, 1.54) is 37.7 Å². The fourth-order valence-corrected chi connectivity index (χ4v) is 3.99. The maximum absolute atomic E-state index is 10.8. The average molecular weight is 274 g/mol. The summed E-state index contributed by atoms with van der Waals surface area (Å²) in [5, 5.41) is 10.8. The zero-order valence-corrected chi connectivity index (χ0v) is 12.4. The number of benzene rings is 1. The molecule has 1 saturated carbocycles. The monoisotopic (exact) mass is 274 g/mol. The van der Waals surface area contributed by atoms with E-state index < -0.39 is 0 Å². The van der Waals surface area contributed by atoms with E-state index in [-0.39, 0.29) is 12.0 Å². The van der Waals surface area contributed by atoms with Crippen LogP contribution in [0, 0.1) is 11.8 Å². The standard InChI is InChI=1S/C18H26O2/c1-2-13-7-9-14(10-8-13)18(19)16-11-12-20-17-6-4-3-5-15(16)17/h3-6,13-14,16,18-19H,2,7-12H2,1H3. The molecule has 1 aromatic carbocycles. The molecule has 0 spiro atoms. The molecule has 1 aliphatic carbocycles. The second-order valence-electron chi connectivity index (χ2n) is 6.46. The average Bonchev–Trinajstić information content (AvgIpc) is 2.54. The quantitative estimate of drug-likeness (QED) is 0.898. The van der Waals surface area contributed by atoms with E-state index in [4.69, 9.17) is 4.74 Å². The lowest BCUT2D eigenvalue weighted by atomic mass is 9.73. The maximum atomic E-state index is 10.8. The van der Waals surface area contributed by atoms with Gasteiger partial charge in [0.25, 0.3) is 0 Å². The summed E-state index contributed by atoms with van der Waals surface area (Å²) in [6.07, 6.45) is 7.03. The SMILES string of the molecule is CCC1CCC(C(O)C2CCOc3ccccc32)CC1. The van der Waals surface area contributed by atoms with Gasteiger partial charge in [-0.15, -0.1) is 0 Å². The molecule has 0 bridgehead atoms. The normalized spacial score (nSPS) is 31.2. The molecule has 1 aliphatic heterocycles. The predicted molar refractivity (Wildman–Crippen MR) is 81.0 cm³/mol. The van der Waals surface area contributed by atoms with Gasteiger partial charge in [0.2, 0.25) is 0 Å². The molecule has 2 aliphatic rings. The number of fused-ring (bicyclic) bond motifs is 1. The Bertz CT molecular complexity index is 435. The first kappa shape index (κ1) is 13.9. The Morgan fingerprint density at radius 1 is 1.15 bits per heavy atom. The third-order valence-electron chi connectivity index (χ3n) is 5.37. The molecule has 2 heteroatoms. The van der Waals surface area contributed by atoms with Gasteiger partial charge in [0, 0.05) is 5.92 Å². The molecule has 2 atom stereocenters. The van der Waals surface area contributed by atoms with Gasteiger partial charge < -0.3 is 9.84 Å². The van der Waals surface area contributed by atoms with Gasteiger partial charge in [0.05, 0.1) is 12.7 Å². The van der Waals surface area contributed by atoms with Gasteiger partial charge in [-0.25, -0.2) is 0 Å². The van der Waals surface area contributed by atoms with Gasteiger partial charge >= 0.3 is 0 Å². The van der Waals surface area contributed by atoms with E-state index in [0.29, 0.717) is 5.92 Å². The van der Waals surface area contributed by atoms with Crippen molar-refractivity contribution in [1.82, 2.24) is 0 Å². The largest absolute Gasteiger partial charge is 0.493 e. The summed E-state index contributed by atoms with van der Waals surface area (Å²) in [4.78, 5) is 0. The topological polar surface area (TPSA) is 29.5 Å². The number of hydrogen-bond acceptors (Lipinski definition) is 2. The highest BCUT2D eigenvalue weighted by molar-refractivity contribution is 5.38. The van der Waals surface area contributed by atoms with Crippen molar-refractivity contribution in [3.05, 3.63) is 29.8 Å². The summed E-state index contributed by atoms with van der Waals surface area (Å²) in [7, 11) is 0. The third kappa shape index (κ3) is 2.71. The highest BCUT2D eigenvalue weighted by atomic mass is 16.5. The smallest absolute Gasteiger partial charge is 0.122 e. The van der Waals surface area contributed by atoms with Crippen molar-refractivity contribution >= 4 is 0 Å². The zero-order chi connectivity index (χ0) is 13.9. The maximum Gasteiger partial charge on any atom is 0.122 e. The summed E-state index contributed by atoms with van der Waals surface area (Å²) in [6, 6.07) is 8.23. The van der Waals surface area contributed by atoms with Gasteiger partial charge in [0.15, 0.2) is 0 Å². The molecule has 1 fully saturated rings. The van der Waals surface area contributed by atoms with Crippen LogP contribution in [-0.4, -0.2) is 17.8 Å². The molecule has 2 nitrogen and oxygen atoms in total. The number of hydrogen-bond donors (Lipinski definition) is 1. The van der Waals surface area contributed by atoms with Crippen LogP contribution in [0.15, 0.2) is 24.3 Å². The molecule has 0 aromatic heterocycles. The summed E-state index contributed by atoms with van der Waals surface area (Å²) < 4.78 is 5.71. The van der Waals surface area contributed by atoms with Crippen molar-refractivity contribution in [2.75, 3.05) is 6.61 Å². The highest BCUT2D eigenvalue weighted by Crippen LogP contribution is 2.42. The van der Waals surface area contributed by atoms with Crippen LogP contribution in [0.2, 0.25) is 0 Å². The fourth-order valence-electron chi connectivity index (χ4n) is 3.99. The summed E-state index contributed by atoms with van der Waals surface area (Å²) in [5.74, 6) is 2.61. The second-order valence-corrected chi connectivity index (χ2v) is 6.46. The van der Waals surface area contributed by atoms with E-state index in [1.807, 2.05) is 12.1 Å². The molecule has 3 rings (SSSR count).